The quantitative estimate of drug-likeness (QED) is 0.895. The number of rotatable bonds is 5. The fourth-order valence-corrected chi connectivity index (χ4v) is 3.32. The number of hydrogen-bond acceptors (Lipinski definition) is 3. The van der Waals surface area contributed by atoms with Gasteiger partial charge >= 0.3 is 0 Å². The molecule has 2 rings (SSSR count). The van der Waals surface area contributed by atoms with Gasteiger partial charge in [0.25, 0.3) is 0 Å². The maximum atomic E-state index is 13.8. The summed E-state index contributed by atoms with van der Waals surface area (Å²) in [5.74, 6) is -0.198. The van der Waals surface area contributed by atoms with Crippen LogP contribution in [0.25, 0.3) is 0 Å². The standard InChI is InChI=1S/C14H16BrFN2S/c1-18(8-10-6-14(15)19-9-10)13(7-17)11-4-2-3-5-12(11)16/h2-6,9,13H,7-8,17H2,1H3. The van der Waals surface area contributed by atoms with Gasteiger partial charge in [0, 0.05) is 24.7 Å². The minimum atomic E-state index is -0.198. The minimum Gasteiger partial charge on any atom is -0.329 e. The maximum Gasteiger partial charge on any atom is 0.128 e. The van der Waals surface area contributed by atoms with Crippen LogP contribution < -0.4 is 5.73 Å². The third kappa shape index (κ3) is 3.63. The van der Waals surface area contributed by atoms with Gasteiger partial charge in [-0.05, 0) is 46.1 Å². The van der Waals surface area contributed by atoms with E-state index in [4.69, 9.17) is 5.73 Å². The first-order valence-electron chi connectivity index (χ1n) is 5.99. The molecule has 0 spiro atoms. The molecule has 0 aliphatic rings. The normalized spacial score (nSPS) is 12.9. The molecule has 0 fully saturated rings. The van der Waals surface area contributed by atoms with Gasteiger partial charge in [0.1, 0.15) is 5.82 Å². The van der Waals surface area contributed by atoms with E-state index < -0.39 is 0 Å². The monoisotopic (exact) mass is 342 g/mol. The van der Waals surface area contributed by atoms with E-state index in [1.54, 1.807) is 23.5 Å². The minimum absolute atomic E-state index is 0.111. The van der Waals surface area contributed by atoms with Crippen LogP contribution in [0.1, 0.15) is 17.2 Å². The van der Waals surface area contributed by atoms with Crippen molar-refractivity contribution in [1.29, 1.82) is 0 Å². The number of likely N-dealkylation sites (N-methyl/N-ethyl adjacent to an activating group) is 1. The highest BCUT2D eigenvalue weighted by atomic mass is 79.9. The Morgan fingerprint density at radius 3 is 2.74 bits per heavy atom. The molecule has 2 N–H and O–H groups in total. The van der Waals surface area contributed by atoms with E-state index in [1.165, 1.54) is 11.6 Å². The average Bonchev–Trinajstić information content (AvgIpc) is 2.78. The number of nitrogens with two attached hydrogens (primary N) is 1. The van der Waals surface area contributed by atoms with Crippen LogP contribution >= 0.6 is 27.3 Å². The van der Waals surface area contributed by atoms with Gasteiger partial charge in [-0.3, -0.25) is 4.90 Å². The fraction of sp³-hybridized carbons (Fsp3) is 0.286. The first-order chi connectivity index (χ1) is 9.11. The van der Waals surface area contributed by atoms with Gasteiger partial charge in [-0.15, -0.1) is 11.3 Å². The number of benzene rings is 1. The zero-order valence-electron chi connectivity index (χ0n) is 10.6. The summed E-state index contributed by atoms with van der Waals surface area (Å²) in [6, 6.07) is 8.79. The van der Waals surface area contributed by atoms with Crippen LogP contribution in [0, 0.1) is 5.82 Å². The molecule has 0 amide bonds. The summed E-state index contributed by atoms with van der Waals surface area (Å²) < 4.78 is 14.9. The van der Waals surface area contributed by atoms with Gasteiger partial charge in [-0.2, -0.15) is 0 Å². The Morgan fingerprint density at radius 1 is 1.42 bits per heavy atom. The third-order valence-electron chi connectivity index (χ3n) is 3.07. The van der Waals surface area contributed by atoms with Crippen molar-refractivity contribution in [2.24, 2.45) is 5.73 Å². The van der Waals surface area contributed by atoms with Crippen molar-refractivity contribution < 1.29 is 4.39 Å². The first-order valence-corrected chi connectivity index (χ1v) is 7.66. The zero-order valence-corrected chi connectivity index (χ0v) is 13.0. The summed E-state index contributed by atoms with van der Waals surface area (Å²) in [5, 5.41) is 2.09. The smallest absolute Gasteiger partial charge is 0.128 e. The second-order valence-corrected chi connectivity index (χ2v) is 6.74. The van der Waals surface area contributed by atoms with Crippen LogP contribution in [0.3, 0.4) is 0 Å². The lowest BCUT2D eigenvalue weighted by Gasteiger charge is -2.27. The summed E-state index contributed by atoms with van der Waals surface area (Å²) in [7, 11) is 1.97. The highest BCUT2D eigenvalue weighted by Crippen LogP contribution is 2.26. The zero-order chi connectivity index (χ0) is 13.8. The second kappa shape index (κ2) is 6.61. The van der Waals surface area contributed by atoms with Gasteiger partial charge in [0.05, 0.1) is 3.79 Å². The van der Waals surface area contributed by atoms with Crippen LogP contribution in [-0.4, -0.2) is 18.5 Å². The SMILES string of the molecule is CN(Cc1csc(Br)c1)C(CN)c1ccccc1F. The molecule has 0 aliphatic heterocycles. The summed E-state index contributed by atoms with van der Waals surface area (Å²) in [6.45, 7) is 1.14. The molecule has 102 valence electrons. The van der Waals surface area contributed by atoms with Crippen molar-refractivity contribution >= 4 is 27.3 Å². The first kappa shape index (κ1) is 14.7. The van der Waals surface area contributed by atoms with E-state index in [1.807, 2.05) is 13.1 Å². The van der Waals surface area contributed by atoms with E-state index in [2.05, 4.69) is 32.3 Å². The Bertz CT molecular complexity index is 544. The van der Waals surface area contributed by atoms with Crippen molar-refractivity contribution in [2.45, 2.75) is 12.6 Å². The molecule has 5 heteroatoms. The molecule has 0 saturated heterocycles. The summed E-state index contributed by atoms with van der Waals surface area (Å²) in [4.78, 5) is 2.08. The molecule has 2 aromatic rings. The van der Waals surface area contributed by atoms with E-state index in [-0.39, 0.29) is 11.9 Å². The Labute approximate surface area is 125 Å². The topological polar surface area (TPSA) is 29.3 Å². The summed E-state index contributed by atoms with van der Waals surface area (Å²) in [5.41, 5.74) is 7.68. The van der Waals surface area contributed by atoms with Gasteiger partial charge in [0.2, 0.25) is 0 Å². The molecule has 0 radical (unpaired) electrons. The van der Waals surface area contributed by atoms with Crippen LogP contribution in [-0.2, 0) is 6.54 Å². The molecule has 1 unspecified atom stereocenters. The lowest BCUT2D eigenvalue weighted by atomic mass is 10.0. The van der Waals surface area contributed by atoms with Crippen LogP contribution in [0.2, 0.25) is 0 Å². The van der Waals surface area contributed by atoms with E-state index >= 15 is 0 Å². The highest BCUT2D eigenvalue weighted by Gasteiger charge is 2.19. The van der Waals surface area contributed by atoms with Crippen molar-refractivity contribution in [1.82, 2.24) is 4.90 Å². The summed E-state index contributed by atoms with van der Waals surface area (Å²) in [6.07, 6.45) is 0. The van der Waals surface area contributed by atoms with Crippen molar-refractivity contribution in [2.75, 3.05) is 13.6 Å². The number of nitrogens with zero attached hydrogens (tertiary/aromatic N) is 1. The fourth-order valence-electron chi connectivity index (χ4n) is 2.12. The van der Waals surface area contributed by atoms with Crippen LogP contribution in [0.4, 0.5) is 4.39 Å². The second-order valence-electron chi connectivity index (χ2n) is 4.45. The summed E-state index contributed by atoms with van der Waals surface area (Å²) >= 11 is 5.10. The van der Waals surface area contributed by atoms with Crippen molar-refractivity contribution in [3.05, 3.63) is 56.4 Å². The largest absolute Gasteiger partial charge is 0.329 e. The Balaban J connectivity index is 2.15. The van der Waals surface area contributed by atoms with Crippen LogP contribution in [0.15, 0.2) is 39.5 Å². The third-order valence-corrected chi connectivity index (χ3v) is 4.63. The van der Waals surface area contributed by atoms with Crippen LogP contribution in [0.5, 0.6) is 0 Å². The van der Waals surface area contributed by atoms with E-state index in [0.29, 0.717) is 12.1 Å². The Hall–Kier alpha value is -0.750. The number of hydrogen-bond donors (Lipinski definition) is 1. The molecule has 2 nitrogen and oxygen atoms in total. The molecule has 19 heavy (non-hydrogen) atoms. The molecule has 0 bridgehead atoms. The molecule has 0 saturated carbocycles. The van der Waals surface area contributed by atoms with Crippen molar-refractivity contribution in [3.8, 4) is 0 Å². The molecule has 1 aromatic carbocycles. The molecule has 0 aliphatic carbocycles. The molecule has 1 aromatic heterocycles. The average molecular weight is 343 g/mol. The molecular formula is C14H16BrFN2S. The van der Waals surface area contributed by atoms with E-state index in [9.17, 15) is 4.39 Å². The van der Waals surface area contributed by atoms with Crippen molar-refractivity contribution in [3.63, 3.8) is 0 Å². The lowest BCUT2D eigenvalue weighted by Crippen LogP contribution is -2.30. The number of thiophene rings is 1. The van der Waals surface area contributed by atoms with Gasteiger partial charge in [0.15, 0.2) is 0 Å². The predicted molar refractivity (Wildman–Crippen MR) is 81.7 cm³/mol. The predicted octanol–water partition coefficient (Wildman–Crippen LogP) is 3.78. The van der Waals surface area contributed by atoms with Gasteiger partial charge < -0.3 is 5.73 Å². The number of halogens is 2. The maximum absolute atomic E-state index is 13.8. The molecular weight excluding hydrogens is 327 g/mol. The van der Waals surface area contributed by atoms with Gasteiger partial charge in [-0.25, -0.2) is 4.39 Å². The molecule has 1 atom stereocenters. The van der Waals surface area contributed by atoms with Gasteiger partial charge in [-0.1, -0.05) is 18.2 Å². The Morgan fingerprint density at radius 2 is 2.16 bits per heavy atom. The Kier molecular flexibility index (Phi) is 5.10. The van der Waals surface area contributed by atoms with E-state index in [0.717, 1.165) is 10.3 Å². The highest BCUT2D eigenvalue weighted by molar-refractivity contribution is 9.11. The molecule has 1 heterocycles. The lowest BCUT2D eigenvalue weighted by molar-refractivity contribution is 0.237.